The summed E-state index contributed by atoms with van der Waals surface area (Å²) in [5.41, 5.74) is 10.8. The van der Waals surface area contributed by atoms with Crippen LogP contribution in [0.5, 0.6) is 0 Å². The molecule has 1 fully saturated rings. The van der Waals surface area contributed by atoms with E-state index in [1.165, 1.54) is 0 Å². The Morgan fingerprint density at radius 3 is 2.76 bits per heavy atom. The molecule has 1 aliphatic rings. The minimum absolute atomic E-state index is 0.127. The number of fused-ring (bicyclic) bond motifs is 3. The maximum Gasteiger partial charge on any atom is 0.227 e. The van der Waals surface area contributed by atoms with Crippen LogP contribution in [-0.4, -0.2) is 53.4 Å². The van der Waals surface area contributed by atoms with Crippen molar-refractivity contribution in [3.8, 4) is 0 Å². The minimum atomic E-state index is 0.127. The number of amides is 1. The van der Waals surface area contributed by atoms with Gasteiger partial charge in [-0.05, 0) is 23.3 Å². The maximum absolute atomic E-state index is 12.6. The van der Waals surface area contributed by atoms with E-state index in [1.807, 2.05) is 65.7 Å². The van der Waals surface area contributed by atoms with Crippen molar-refractivity contribution in [2.45, 2.75) is 13.0 Å². The Hall–Kier alpha value is -3.81. The van der Waals surface area contributed by atoms with Gasteiger partial charge in [-0.2, -0.15) is 0 Å². The summed E-state index contributed by atoms with van der Waals surface area (Å²) in [5.74, 6) is 0.127. The second kappa shape index (κ2) is 9.59. The summed E-state index contributed by atoms with van der Waals surface area (Å²) in [6.45, 7) is 2.78. The van der Waals surface area contributed by atoms with Gasteiger partial charge in [0.15, 0.2) is 6.29 Å². The highest BCUT2D eigenvalue weighted by Gasteiger charge is 2.17. The van der Waals surface area contributed by atoms with Gasteiger partial charge in [0.05, 0.1) is 30.8 Å². The van der Waals surface area contributed by atoms with E-state index in [0.717, 1.165) is 50.5 Å². The van der Waals surface area contributed by atoms with Crippen LogP contribution in [0.1, 0.15) is 32.9 Å². The number of nitrogens with two attached hydrogens (primary N) is 1. The summed E-state index contributed by atoms with van der Waals surface area (Å²) >= 11 is 0. The van der Waals surface area contributed by atoms with Crippen LogP contribution >= 0.6 is 0 Å². The molecule has 0 bridgehead atoms. The van der Waals surface area contributed by atoms with Gasteiger partial charge in [-0.1, -0.05) is 42.5 Å². The van der Waals surface area contributed by atoms with Crippen LogP contribution in [0.4, 0.5) is 0 Å². The van der Waals surface area contributed by atoms with Gasteiger partial charge in [-0.3, -0.25) is 14.6 Å². The number of nitrogens with one attached hydrogen (secondary N) is 1. The predicted octanol–water partition coefficient (Wildman–Crippen LogP) is 3.56. The van der Waals surface area contributed by atoms with Gasteiger partial charge in [0.2, 0.25) is 5.91 Å². The zero-order valence-corrected chi connectivity index (χ0v) is 18.8. The molecule has 0 unspecified atom stereocenters. The third-order valence-electron chi connectivity index (χ3n) is 6.25. The molecule has 4 aromatic rings. The van der Waals surface area contributed by atoms with Crippen molar-refractivity contribution >= 4 is 46.0 Å². The predicted molar refractivity (Wildman–Crippen MR) is 133 cm³/mol. The van der Waals surface area contributed by atoms with Gasteiger partial charge < -0.3 is 20.4 Å². The third-order valence-corrected chi connectivity index (χ3v) is 6.25. The summed E-state index contributed by atoms with van der Waals surface area (Å²) < 4.78 is 5.33. The van der Waals surface area contributed by atoms with E-state index < -0.39 is 0 Å². The van der Waals surface area contributed by atoms with E-state index in [2.05, 4.69) is 9.97 Å². The molecule has 5 rings (SSSR count). The van der Waals surface area contributed by atoms with E-state index in [-0.39, 0.29) is 12.5 Å². The van der Waals surface area contributed by atoms with Crippen molar-refractivity contribution < 1.29 is 14.3 Å². The smallest absolute Gasteiger partial charge is 0.227 e. The van der Waals surface area contributed by atoms with Crippen LogP contribution in [0.15, 0.2) is 48.7 Å². The zero-order chi connectivity index (χ0) is 23.5. The first-order valence-electron chi connectivity index (χ1n) is 11.4. The number of morpholine rings is 1. The van der Waals surface area contributed by atoms with Crippen LogP contribution < -0.4 is 5.73 Å². The number of carbonyl (C=O) groups is 2. The van der Waals surface area contributed by atoms with Gasteiger partial charge in [-0.15, -0.1) is 0 Å². The summed E-state index contributed by atoms with van der Waals surface area (Å²) in [4.78, 5) is 33.9. The molecule has 2 aromatic heterocycles. The molecule has 0 saturated carbocycles. The highest BCUT2D eigenvalue weighted by Crippen LogP contribution is 2.29. The molecule has 3 N–H and O–H groups in total. The molecule has 1 amide bonds. The lowest BCUT2D eigenvalue weighted by molar-refractivity contribution is -0.134. The largest absolute Gasteiger partial charge is 0.378 e. The Labute approximate surface area is 197 Å². The average molecular weight is 455 g/mol. The summed E-state index contributed by atoms with van der Waals surface area (Å²) in [6.07, 6.45) is 7.01. The van der Waals surface area contributed by atoms with Crippen molar-refractivity contribution in [3.05, 3.63) is 76.7 Å². The second-order valence-electron chi connectivity index (χ2n) is 8.41. The fraction of sp³-hybridized carbons (Fsp3) is 0.222. The molecular formula is C27H26N4O3. The number of hydrogen-bond donors (Lipinski definition) is 2. The molecule has 0 aliphatic carbocycles. The van der Waals surface area contributed by atoms with Crippen molar-refractivity contribution in [3.63, 3.8) is 0 Å². The molecule has 0 spiro atoms. The van der Waals surface area contributed by atoms with E-state index in [0.29, 0.717) is 38.3 Å². The second-order valence-corrected chi connectivity index (χ2v) is 8.41. The summed E-state index contributed by atoms with van der Waals surface area (Å²) in [7, 11) is 0. The van der Waals surface area contributed by atoms with Gasteiger partial charge in [0, 0.05) is 53.2 Å². The normalized spacial score (nSPS) is 14.3. The van der Waals surface area contributed by atoms with Crippen LogP contribution in [0, 0.1) is 0 Å². The van der Waals surface area contributed by atoms with E-state index in [4.69, 9.17) is 10.5 Å². The number of carbonyl (C=O) groups excluding carboxylic acids is 2. The van der Waals surface area contributed by atoms with E-state index in [1.54, 1.807) is 0 Å². The Morgan fingerprint density at radius 2 is 1.97 bits per heavy atom. The first-order chi connectivity index (χ1) is 16.7. The lowest BCUT2D eigenvalue weighted by atomic mass is 10.0. The fourth-order valence-corrected chi connectivity index (χ4v) is 4.45. The lowest BCUT2D eigenvalue weighted by Gasteiger charge is -2.26. The molecule has 2 aromatic carbocycles. The number of aromatic nitrogens is 2. The average Bonchev–Trinajstić information content (AvgIpc) is 3.26. The maximum atomic E-state index is 12.6. The minimum Gasteiger partial charge on any atom is -0.378 e. The Balaban J connectivity index is 1.40. The number of ether oxygens (including phenoxy) is 1. The van der Waals surface area contributed by atoms with E-state index in [9.17, 15) is 9.59 Å². The number of pyridine rings is 1. The number of benzene rings is 2. The number of aromatic amines is 1. The fourth-order valence-electron chi connectivity index (χ4n) is 4.45. The monoisotopic (exact) mass is 454 g/mol. The molecule has 1 aliphatic heterocycles. The van der Waals surface area contributed by atoms with Crippen molar-refractivity contribution in [1.29, 1.82) is 0 Å². The quantitative estimate of drug-likeness (QED) is 0.434. The van der Waals surface area contributed by atoms with Crippen LogP contribution in [0.3, 0.4) is 0 Å². The first kappa shape index (κ1) is 22.0. The molecule has 0 atom stereocenters. The molecule has 34 heavy (non-hydrogen) atoms. The first-order valence-corrected chi connectivity index (χ1v) is 11.4. The topological polar surface area (TPSA) is 101 Å². The van der Waals surface area contributed by atoms with Gasteiger partial charge >= 0.3 is 0 Å². The Bertz CT molecular complexity index is 1400. The van der Waals surface area contributed by atoms with Crippen molar-refractivity contribution in [1.82, 2.24) is 14.9 Å². The van der Waals surface area contributed by atoms with Crippen LogP contribution in [0.25, 0.3) is 33.8 Å². The summed E-state index contributed by atoms with van der Waals surface area (Å²) in [6, 6.07) is 13.9. The molecule has 1 saturated heterocycles. The molecule has 0 radical (unpaired) electrons. The third kappa shape index (κ3) is 4.35. The standard InChI is InChI=1S/C27H26N4O3/c28-15-25-24(17-32)22-7-5-20-16-29-21(14-23(20)27(22)30-25)6-4-18-2-1-3-19(12-18)13-26(33)31-8-10-34-11-9-31/h1-7,12,14,16-17,30H,8-11,13,15,28H2/b6-4+. The number of aldehydes is 1. The lowest BCUT2D eigenvalue weighted by Crippen LogP contribution is -2.41. The van der Waals surface area contributed by atoms with Crippen LogP contribution in [0.2, 0.25) is 0 Å². The van der Waals surface area contributed by atoms with Crippen molar-refractivity contribution in [2.24, 2.45) is 5.73 Å². The number of H-pyrrole nitrogens is 1. The van der Waals surface area contributed by atoms with Crippen LogP contribution in [-0.2, 0) is 22.5 Å². The highest BCUT2D eigenvalue weighted by atomic mass is 16.5. The zero-order valence-electron chi connectivity index (χ0n) is 18.8. The summed E-state index contributed by atoms with van der Waals surface area (Å²) in [5, 5.41) is 2.83. The Morgan fingerprint density at radius 1 is 1.12 bits per heavy atom. The van der Waals surface area contributed by atoms with Gasteiger partial charge in [-0.25, -0.2) is 0 Å². The van der Waals surface area contributed by atoms with E-state index >= 15 is 0 Å². The molecule has 7 heteroatoms. The Kier molecular flexibility index (Phi) is 6.20. The number of nitrogens with zero attached hydrogens (tertiary/aromatic N) is 2. The molecule has 172 valence electrons. The molecule has 3 heterocycles. The number of rotatable bonds is 6. The van der Waals surface area contributed by atoms with Gasteiger partial charge in [0.1, 0.15) is 0 Å². The molecule has 7 nitrogen and oxygen atoms in total. The number of hydrogen-bond acceptors (Lipinski definition) is 5. The van der Waals surface area contributed by atoms with Crippen molar-refractivity contribution in [2.75, 3.05) is 26.3 Å². The van der Waals surface area contributed by atoms with Gasteiger partial charge in [0.25, 0.3) is 0 Å². The highest BCUT2D eigenvalue weighted by molar-refractivity contribution is 6.11. The molecular weight excluding hydrogens is 428 g/mol. The SMILES string of the molecule is NCc1[nH]c2c(ccc3cnc(/C=C/c4cccc(CC(=O)N5CCOCC5)c4)cc32)c1C=O.